The molecular formula is C22H46O. The average Bonchev–Trinajstić information content (AvgIpc) is 2.49. The van der Waals surface area contributed by atoms with Crippen molar-refractivity contribution in [1.29, 1.82) is 0 Å². The molecule has 0 heterocycles. The molecule has 0 bridgehead atoms. The van der Waals surface area contributed by atoms with E-state index in [0.717, 1.165) is 13.2 Å². The zero-order valence-electron chi connectivity index (χ0n) is 16.9. The van der Waals surface area contributed by atoms with Gasteiger partial charge in [0.15, 0.2) is 0 Å². The van der Waals surface area contributed by atoms with E-state index in [0.29, 0.717) is 5.41 Å². The molecule has 0 fully saturated rings. The molecule has 0 rings (SSSR count). The fraction of sp³-hybridized carbons (Fsp3) is 1.00. The summed E-state index contributed by atoms with van der Waals surface area (Å²) in [6.45, 7) is 11.3. The molecule has 0 aliphatic carbocycles. The quantitative estimate of drug-likeness (QED) is 0.247. The van der Waals surface area contributed by atoms with E-state index in [9.17, 15) is 0 Å². The maximum Gasteiger partial charge on any atom is 0.0466 e. The number of hydrogen-bond acceptors (Lipinski definition) is 1. The van der Waals surface area contributed by atoms with Gasteiger partial charge in [-0.1, -0.05) is 105 Å². The molecule has 0 saturated heterocycles. The maximum atomic E-state index is 5.74. The molecule has 23 heavy (non-hydrogen) atoms. The predicted octanol–water partition coefficient (Wildman–Crippen LogP) is 7.92. The molecule has 1 heteroatoms. The SMILES string of the molecule is CCCCCCCCCOCCCCCCCCCC(C)(C)C. The van der Waals surface area contributed by atoms with Crippen molar-refractivity contribution in [2.45, 2.75) is 124 Å². The lowest BCUT2D eigenvalue weighted by Crippen LogP contribution is -2.03. The van der Waals surface area contributed by atoms with Crippen molar-refractivity contribution in [2.75, 3.05) is 13.2 Å². The Morgan fingerprint density at radius 3 is 1.35 bits per heavy atom. The summed E-state index contributed by atoms with van der Waals surface area (Å²) in [5.74, 6) is 0. The van der Waals surface area contributed by atoms with Crippen LogP contribution >= 0.6 is 0 Å². The first-order valence-electron chi connectivity index (χ1n) is 10.6. The van der Waals surface area contributed by atoms with Crippen molar-refractivity contribution in [3.63, 3.8) is 0 Å². The first-order chi connectivity index (χ1) is 11.1. The van der Waals surface area contributed by atoms with Gasteiger partial charge >= 0.3 is 0 Å². The second-order valence-electron chi connectivity index (χ2n) is 8.52. The van der Waals surface area contributed by atoms with Gasteiger partial charge in [0, 0.05) is 13.2 Å². The summed E-state index contributed by atoms with van der Waals surface area (Å²) in [5, 5.41) is 0. The highest BCUT2D eigenvalue weighted by Gasteiger charge is 2.08. The van der Waals surface area contributed by atoms with Gasteiger partial charge in [-0.2, -0.15) is 0 Å². The zero-order chi connectivity index (χ0) is 17.2. The van der Waals surface area contributed by atoms with Crippen molar-refractivity contribution >= 4 is 0 Å². The summed E-state index contributed by atoms with van der Waals surface area (Å²) in [7, 11) is 0. The first kappa shape index (κ1) is 23.0. The lowest BCUT2D eigenvalue weighted by atomic mass is 9.89. The van der Waals surface area contributed by atoms with Crippen LogP contribution in [0.25, 0.3) is 0 Å². The van der Waals surface area contributed by atoms with Crippen molar-refractivity contribution in [3.8, 4) is 0 Å². The van der Waals surface area contributed by atoms with E-state index in [1.807, 2.05) is 0 Å². The van der Waals surface area contributed by atoms with Crippen LogP contribution in [0.3, 0.4) is 0 Å². The predicted molar refractivity (Wildman–Crippen MR) is 105 cm³/mol. The molecule has 0 saturated carbocycles. The van der Waals surface area contributed by atoms with Gasteiger partial charge in [-0.25, -0.2) is 0 Å². The number of ether oxygens (including phenoxy) is 1. The number of hydrogen-bond donors (Lipinski definition) is 0. The molecular weight excluding hydrogens is 280 g/mol. The Hall–Kier alpha value is -0.0400. The fourth-order valence-corrected chi connectivity index (χ4v) is 3.01. The van der Waals surface area contributed by atoms with E-state index in [1.165, 1.54) is 96.3 Å². The van der Waals surface area contributed by atoms with Crippen LogP contribution in [-0.2, 0) is 4.74 Å². The van der Waals surface area contributed by atoms with Crippen LogP contribution in [0.4, 0.5) is 0 Å². The van der Waals surface area contributed by atoms with Crippen LogP contribution in [0, 0.1) is 5.41 Å². The van der Waals surface area contributed by atoms with E-state index < -0.39 is 0 Å². The highest BCUT2D eigenvalue weighted by molar-refractivity contribution is 4.61. The molecule has 0 aliphatic heterocycles. The van der Waals surface area contributed by atoms with Gasteiger partial charge in [-0.05, 0) is 24.7 Å². The zero-order valence-corrected chi connectivity index (χ0v) is 16.9. The minimum atomic E-state index is 0.521. The van der Waals surface area contributed by atoms with Crippen LogP contribution in [0.15, 0.2) is 0 Å². The largest absolute Gasteiger partial charge is 0.381 e. The molecule has 0 radical (unpaired) electrons. The van der Waals surface area contributed by atoms with Crippen molar-refractivity contribution in [1.82, 2.24) is 0 Å². The average molecular weight is 327 g/mol. The van der Waals surface area contributed by atoms with Gasteiger partial charge in [0.25, 0.3) is 0 Å². The summed E-state index contributed by atoms with van der Waals surface area (Å²) < 4.78 is 5.74. The molecule has 0 N–H and O–H groups in total. The van der Waals surface area contributed by atoms with Gasteiger partial charge < -0.3 is 4.74 Å². The molecule has 0 amide bonds. The molecule has 140 valence electrons. The molecule has 1 nitrogen and oxygen atoms in total. The maximum absolute atomic E-state index is 5.74. The Morgan fingerprint density at radius 2 is 0.913 bits per heavy atom. The van der Waals surface area contributed by atoms with Gasteiger partial charge in [-0.15, -0.1) is 0 Å². The minimum Gasteiger partial charge on any atom is -0.381 e. The molecule has 0 unspecified atom stereocenters. The normalized spacial score (nSPS) is 12.0. The molecule has 0 aromatic carbocycles. The Labute approximate surface area is 148 Å². The summed E-state index contributed by atoms with van der Waals surface area (Å²) in [6.07, 6.45) is 20.7. The van der Waals surface area contributed by atoms with E-state index >= 15 is 0 Å². The smallest absolute Gasteiger partial charge is 0.0466 e. The van der Waals surface area contributed by atoms with E-state index in [2.05, 4.69) is 27.7 Å². The molecule has 0 aliphatic rings. The summed E-state index contributed by atoms with van der Waals surface area (Å²) in [5.41, 5.74) is 0.521. The van der Waals surface area contributed by atoms with Gasteiger partial charge in [0.1, 0.15) is 0 Å². The first-order valence-corrected chi connectivity index (χ1v) is 10.6. The Morgan fingerprint density at radius 1 is 0.522 bits per heavy atom. The van der Waals surface area contributed by atoms with Crippen molar-refractivity contribution in [3.05, 3.63) is 0 Å². The molecule has 0 aromatic rings. The highest BCUT2D eigenvalue weighted by atomic mass is 16.5. The number of unbranched alkanes of at least 4 members (excludes halogenated alkanes) is 12. The minimum absolute atomic E-state index is 0.521. The summed E-state index contributed by atoms with van der Waals surface area (Å²) in [4.78, 5) is 0. The third kappa shape index (κ3) is 22.0. The van der Waals surface area contributed by atoms with Crippen LogP contribution in [-0.4, -0.2) is 13.2 Å². The van der Waals surface area contributed by atoms with Crippen molar-refractivity contribution < 1.29 is 4.74 Å². The van der Waals surface area contributed by atoms with Crippen LogP contribution in [0.5, 0.6) is 0 Å². The van der Waals surface area contributed by atoms with E-state index in [1.54, 1.807) is 0 Å². The highest BCUT2D eigenvalue weighted by Crippen LogP contribution is 2.22. The second kappa shape index (κ2) is 16.8. The van der Waals surface area contributed by atoms with Gasteiger partial charge in [-0.3, -0.25) is 0 Å². The van der Waals surface area contributed by atoms with Gasteiger partial charge in [0.05, 0.1) is 0 Å². The standard InChI is InChI=1S/C22H46O/c1-5-6-7-8-11-14-17-20-23-21-18-15-12-9-10-13-16-19-22(2,3)4/h5-21H2,1-4H3. The van der Waals surface area contributed by atoms with E-state index in [-0.39, 0.29) is 0 Å². The van der Waals surface area contributed by atoms with Crippen LogP contribution in [0.1, 0.15) is 124 Å². The fourth-order valence-electron chi connectivity index (χ4n) is 3.01. The number of rotatable bonds is 17. The Balaban J connectivity index is 3.00. The van der Waals surface area contributed by atoms with Crippen LogP contribution < -0.4 is 0 Å². The van der Waals surface area contributed by atoms with Gasteiger partial charge in [0.2, 0.25) is 0 Å². The van der Waals surface area contributed by atoms with E-state index in [4.69, 9.17) is 4.74 Å². The third-order valence-corrected chi connectivity index (χ3v) is 4.61. The summed E-state index contributed by atoms with van der Waals surface area (Å²) >= 11 is 0. The topological polar surface area (TPSA) is 9.23 Å². The monoisotopic (exact) mass is 326 g/mol. The lowest BCUT2D eigenvalue weighted by molar-refractivity contribution is 0.125. The lowest BCUT2D eigenvalue weighted by Gasteiger charge is -2.17. The molecule has 0 spiro atoms. The summed E-state index contributed by atoms with van der Waals surface area (Å²) in [6, 6.07) is 0. The molecule has 0 aromatic heterocycles. The second-order valence-corrected chi connectivity index (χ2v) is 8.52. The van der Waals surface area contributed by atoms with Crippen LogP contribution in [0.2, 0.25) is 0 Å². The third-order valence-electron chi connectivity index (χ3n) is 4.61. The Kier molecular flexibility index (Phi) is 16.8. The Bertz CT molecular complexity index is 217. The molecule has 0 atom stereocenters. The van der Waals surface area contributed by atoms with Crippen molar-refractivity contribution in [2.24, 2.45) is 5.41 Å².